The predicted molar refractivity (Wildman–Crippen MR) is 315 cm³/mol. The molecule has 0 bridgehead atoms. The molecule has 0 rings (SSSR count). The van der Waals surface area contributed by atoms with Gasteiger partial charge in [0.15, 0.2) is 12.4 Å². The Morgan fingerprint density at radius 1 is 0.413 bits per heavy atom. The van der Waals surface area contributed by atoms with Gasteiger partial charge in [-0.05, 0) is 70.6 Å². The van der Waals surface area contributed by atoms with E-state index in [9.17, 15) is 19.5 Å². The number of rotatable bonds is 56. The molecule has 0 aromatic carbocycles. The van der Waals surface area contributed by atoms with Gasteiger partial charge >= 0.3 is 11.9 Å². The lowest BCUT2D eigenvalue weighted by Crippen LogP contribution is -2.44. The van der Waals surface area contributed by atoms with Crippen LogP contribution in [0.15, 0.2) is 85.1 Å². The zero-order valence-corrected chi connectivity index (χ0v) is 49.1. The number of quaternary nitrogens is 1. The number of carbonyl (C=O) groups is 3. The summed E-state index contributed by atoms with van der Waals surface area (Å²) in [6.07, 6.45) is 72.0. The third-order valence-corrected chi connectivity index (χ3v) is 13.2. The zero-order valence-electron chi connectivity index (χ0n) is 49.1. The van der Waals surface area contributed by atoms with E-state index >= 15 is 0 Å². The molecule has 75 heavy (non-hydrogen) atoms. The van der Waals surface area contributed by atoms with Crippen LogP contribution >= 0.6 is 0 Å². The van der Waals surface area contributed by atoms with Crippen LogP contribution in [0.25, 0.3) is 0 Å². The fraction of sp³-hybridized carbons (Fsp3) is 0.742. The van der Waals surface area contributed by atoms with Crippen molar-refractivity contribution in [1.29, 1.82) is 0 Å². The van der Waals surface area contributed by atoms with Crippen LogP contribution in [0.3, 0.4) is 0 Å². The molecule has 9 heteroatoms. The van der Waals surface area contributed by atoms with Crippen molar-refractivity contribution >= 4 is 17.9 Å². The fourth-order valence-corrected chi connectivity index (χ4v) is 8.46. The molecule has 0 heterocycles. The molecule has 0 aliphatic rings. The van der Waals surface area contributed by atoms with Crippen LogP contribution in [0.5, 0.6) is 0 Å². The van der Waals surface area contributed by atoms with Crippen molar-refractivity contribution in [2.75, 3.05) is 47.5 Å². The number of unbranched alkanes of at least 4 members (excludes halogenated alkanes) is 27. The Morgan fingerprint density at radius 2 is 0.760 bits per heavy atom. The van der Waals surface area contributed by atoms with Gasteiger partial charge in [0.25, 0.3) is 0 Å². The monoisotopic (exact) mass is 1050 g/mol. The van der Waals surface area contributed by atoms with E-state index in [0.717, 1.165) is 89.9 Å². The highest BCUT2D eigenvalue weighted by Gasteiger charge is 2.22. The van der Waals surface area contributed by atoms with Gasteiger partial charge in [-0.25, -0.2) is 0 Å². The summed E-state index contributed by atoms with van der Waals surface area (Å²) in [6, 6.07) is 0. The molecule has 0 aromatic rings. The van der Waals surface area contributed by atoms with Gasteiger partial charge in [0.05, 0.1) is 40.3 Å². The summed E-state index contributed by atoms with van der Waals surface area (Å²) in [5.41, 5.74) is 0. The maximum Gasteiger partial charge on any atom is 0.306 e. The van der Waals surface area contributed by atoms with E-state index in [1.54, 1.807) is 0 Å². The third-order valence-electron chi connectivity index (χ3n) is 13.2. The van der Waals surface area contributed by atoms with Gasteiger partial charge in [0, 0.05) is 12.8 Å². The van der Waals surface area contributed by atoms with Gasteiger partial charge in [-0.3, -0.25) is 9.59 Å². The quantitative estimate of drug-likeness (QED) is 0.0195. The highest BCUT2D eigenvalue weighted by Crippen LogP contribution is 2.17. The summed E-state index contributed by atoms with van der Waals surface area (Å²) in [6.45, 7) is 4.65. The number of allylic oxidation sites excluding steroid dienone is 14. The lowest BCUT2D eigenvalue weighted by molar-refractivity contribution is -0.870. The van der Waals surface area contributed by atoms with Gasteiger partial charge in [-0.15, -0.1) is 0 Å². The van der Waals surface area contributed by atoms with Gasteiger partial charge < -0.3 is 33.3 Å². The highest BCUT2D eigenvalue weighted by molar-refractivity contribution is 5.70. The van der Waals surface area contributed by atoms with Crippen LogP contribution in [-0.2, 0) is 33.3 Å². The first kappa shape index (κ1) is 71.5. The number of carboxylic acid groups (broad SMARTS) is 1. The van der Waals surface area contributed by atoms with Gasteiger partial charge in [-0.2, -0.15) is 0 Å². The second kappa shape index (κ2) is 56.7. The summed E-state index contributed by atoms with van der Waals surface area (Å²) < 4.78 is 22.7. The van der Waals surface area contributed by atoms with E-state index in [0.29, 0.717) is 23.9 Å². The molecule has 0 aromatic heterocycles. The summed E-state index contributed by atoms with van der Waals surface area (Å²) >= 11 is 0. The standard InChI is InChI=1S/C66H115NO8/c1-6-8-10-12-14-16-18-20-22-24-26-27-28-29-30-31-32-33-34-35-36-37-39-41-43-45-47-49-51-53-55-57-64(69)75-62(61-74-66(65(70)71)72-59-58-67(3,4)5)60-73-63(68)56-54-52-50-48-46-44-42-40-38-25-23-21-19-17-15-13-11-9-7-2/h8,10,14,16,20,22,26-27,29-30,32-33,35-36,62,66H,6-7,9,11-13,15,17-19,21,23-25,28,31,34,37-61H2,1-5H3/b10-8-,16-14-,22-20-,27-26-,30-29-,33-32-,36-35-. The van der Waals surface area contributed by atoms with E-state index in [1.807, 2.05) is 21.1 Å². The summed E-state index contributed by atoms with van der Waals surface area (Å²) in [5.74, 6) is -2.28. The van der Waals surface area contributed by atoms with Crippen molar-refractivity contribution < 1.29 is 42.9 Å². The maximum absolute atomic E-state index is 12.9. The molecule has 0 amide bonds. The van der Waals surface area contributed by atoms with Gasteiger partial charge in [-0.1, -0.05) is 259 Å². The molecule has 0 spiro atoms. The SMILES string of the molecule is CC/C=C\C/C=C\C/C=C\C/C=C\C/C=C\C/C=C\C/C=C\CCCCCCCCCCCC(=O)OC(COC(=O)CCCCCCCCCCCCCCCCCCCCC)COC(OCC[N+](C)(C)C)C(=O)[O-]. The number of hydrogen-bond donors (Lipinski definition) is 0. The number of ether oxygens (including phenoxy) is 4. The van der Waals surface area contributed by atoms with E-state index in [1.165, 1.54) is 135 Å². The minimum Gasteiger partial charge on any atom is -0.545 e. The largest absolute Gasteiger partial charge is 0.545 e. The molecular weight excluding hydrogens is 935 g/mol. The Bertz CT molecular complexity index is 1500. The van der Waals surface area contributed by atoms with Crippen molar-refractivity contribution in [2.24, 2.45) is 0 Å². The average Bonchev–Trinajstić information content (AvgIpc) is 3.38. The normalized spacial score (nSPS) is 13.3. The molecule has 0 radical (unpaired) electrons. The van der Waals surface area contributed by atoms with E-state index < -0.39 is 24.3 Å². The smallest absolute Gasteiger partial charge is 0.306 e. The van der Waals surface area contributed by atoms with Crippen LogP contribution in [-0.4, -0.2) is 82.3 Å². The average molecular weight is 1050 g/mol. The summed E-state index contributed by atoms with van der Waals surface area (Å²) in [7, 11) is 5.92. The summed E-state index contributed by atoms with van der Waals surface area (Å²) in [4.78, 5) is 37.3. The third kappa shape index (κ3) is 58.0. The van der Waals surface area contributed by atoms with Crippen molar-refractivity contribution in [3.8, 4) is 0 Å². The Kier molecular flexibility index (Phi) is 54.0. The molecule has 2 atom stereocenters. The molecule has 0 N–H and O–H groups in total. The Morgan fingerprint density at radius 3 is 1.13 bits per heavy atom. The number of esters is 2. The van der Waals surface area contributed by atoms with E-state index in [4.69, 9.17) is 18.9 Å². The molecule has 9 nitrogen and oxygen atoms in total. The second-order valence-electron chi connectivity index (χ2n) is 21.6. The first-order valence-corrected chi connectivity index (χ1v) is 30.7. The number of carboxylic acids is 1. The molecule has 0 saturated heterocycles. The van der Waals surface area contributed by atoms with Crippen molar-refractivity contribution in [2.45, 2.75) is 270 Å². The minimum atomic E-state index is -1.63. The first-order valence-electron chi connectivity index (χ1n) is 30.7. The lowest BCUT2D eigenvalue weighted by atomic mass is 10.0. The van der Waals surface area contributed by atoms with E-state index in [-0.39, 0.29) is 32.2 Å². The molecule has 0 aliphatic carbocycles. The predicted octanol–water partition coefficient (Wildman–Crippen LogP) is 17.0. The van der Waals surface area contributed by atoms with E-state index in [2.05, 4.69) is 98.9 Å². The molecule has 2 unspecified atom stereocenters. The second-order valence-corrected chi connectivity index (χ2v) is 21.6. The maximum atomic E-state index is 12.9. The van der Waals surface area contributed by atoms with Crippen molar-refractivity contribution in [3.63, 3.8) is 0 Å². The number of nitrogens with zero attached hydrogens (tertiary/aromatic N) is 1. The fourth-order valence-electron chi connectivity index (χ4n) is 8.46. The number of aliphatic carboxylic acids is 1. The lowest BCUT2D eigenvalue weighted by Gasteiger charge is -2.26. The summed E-state index contributed by atoms with van der Waals surface area (Å²) in [5, 5.41) is 11.8. The van der Waals surface area contributed by atoms with Crippen LogP contribution in [0.2, 0.25) is 0 Å². The van der Waals surface area contributed by atoms with Crippen LogP contribution in [0.1, 0.15) is 258 Å². The molecule has 0 fully saturated rings. The Hall–Kier alpha value is -3.53. The number of hydrogen-bond acceptors (Lipinski definition) is 8. The number of likely N-dealkylation sites (N-methyl/N-ethyl adjacent to an activating group) is 1. The van der Waals surface area contributed by atoms with Crippen molar-refractivity contribution in [1.82, 2.24) is 0 Å². The molecular formula is C66H115NO8. The minimum absolute atomic E-state index is 0.144. The van der Waals surface area contributed by atoms with Crippen molar-refractivity contribution in [3.05, 3.63) is 85.1 Å². The van der Waals surface area contributed by atoms with Gasteiger partial charge in [0.1, 0.15) is 13.2 Å². The number of carbonyl (C=O) groups excluding carboxylic acids is 3. The zero-order chi connectivity index (χ0) is 54.8. The van der Waals surface area contributed by atoms with Crippen LogP contribution in [0, 0.1) is 0 Å². The molecule has 432 valence electrons. The topological polar surface area (TPSA) is 111 Å². The van der Waals surface area contributed by atoms with Crippen LogP contribution < -0.4 is 5.11 Å². The Labute approximate surface area is 461 Å². The molecule has 0 saturated carbocycles. The van der Waals surface area contributed by atoms with Crippen LogP contribution in [0.4, 0.5) is 0 Å². The first-order chi connectivity index (χ1) is 36.6. The Balaban J connectivity index is 4.22. The highest BCUT2D eigenvalue weighted by atomic mass is 16.7. The molecule has 0 aliphatic heterocycles. The van der Waals surface area contributed by atoms with Gasteiger partial charge in [0.2, 0.25) is 0 Å².